The van der Waals surface area contributed by atoms with E-state index in [9.17, 15) is 24.1 Å². The molecule has 172 valence electrons. The van der Waals surface area contributed by atoms with E-state index < -0.39 is 34.9 Å². The van der Waals surface area contributed by atoms with Crippen LogP contribution in [0.2, 0.25) is 0 Å². The van der Waals surface area contributed by atoms with Gasteiger partial charge in [0.2, 0.25) is 5.82 Å². The summed E-state index contributed by atoms with van der Waals surface area (Å²) in [4.78, 5) is 39.0. The second kappa shape index (κ2) is 10.0. The van der Waals surface area contributed by atoms with E-state index in [1.54, 1.807) is 25.1 Å². The number of benzene rings is 2. The normalized spacial score (nSPS) is 10.4. The number of nitrogens with zero attached hydrogens (tertiary/aromatic N) is 2. The summed E-state index contributed by atoms with van der Waals surface area (Å²) >= 11 is 1.09. The van der Waals surface area contributed by atoms with E-state index in [0.29, 0.717) is 27.8 Å². The number of methoxy groups -OCH3 is 2. The molecule has 0 aliphatic heterocycles. The minimum atomic E-state index is -1.03. The molecule has 33 heavy (non-hydrogen) atoms. The van der Waals surface area contributed by atoms with E-state index in [0.717, 1.165) is 29.5 Å². The SMILES string of the molecule is COc1ccc(-c2nc(C)c(C(=O)OCC(=O)Nc3ccc(F)c([N+](=O)[O-])c3)s2)cc1OC. The molecule has 1 N–H and O–H groups in total. The first-order valence-corrected chi connectivity index (χ1v) is 10.2. The Labute approximate surface area is 191 Å². The Morgan fingerprint density at radius 2 is 1.88 bits per heavy atom. The average Bonchev–Trinajstić information content (AvgIpc) is 3.19. The van der Waals surface area contributed by atoms with Crippen molar-refractivity contribution in [2.24, 2.45) is 0 Å². The van der Waals surface area contributed by atoms with Crippen molar-refractivity contribution >= 4 is 34.6 Å². The van der Waals surface area contributed by atoms with Crippen LogP contribution in [0.15, 0.2) is 36.4 Å². The van der Waals surface area contributed by atoms with Crippen molar-refractivity contribution in [3.05, 3.63) is 62.9 Å². The summed E-state index contributed by atoms with van der Waals surface area (Å²) in [6.07, 6.45) is 0. The van der Waals surface area contributed by atoms with Gasteiger partial charge < -0.3 is 19.5 Å². The van der Waals surface area contributed by atoms with Crippen LogP contribution in [0.3, 0.4) is 0 Å². The number of nitrogens with one attached hydrogen (secondary N) is 1. The van der Waals surface area contributed by atoms with Crippen molar-refractivity contribution in [2.45, 2.75) is 6.92 Å². The van der Waals surface area contributed by atoms with Gasteiger partial charge in [0.15, 0.2) is 18.1 Å². The van der Waals surface area contributed by atoms with E-state index in [1.165, 1.54) is 14.2 Å². The van der Waals surface area contributed by atoms with Crippen molar-refractivity contribution in [3.8, 4) is 22.1 Å². The zero-order valence-electron chi connectivity index (χ0n) is 17.7. The fourth-order valence-electron chi connectivity index (χ4n) is 2.80. The molecule has 12 heteroatoms. The molecule has 10 nitrogen and oxygen atoms in total. The highest BCUT2D eigenvalue weighted by molar-refractivity contribution is 7.17. The minimum Gasteiger partial charge on any atom is -0.493 e. The zero-order valence-corrected chi connectivity index (χ0v) is 18.5. The molecule has 0 saturated carbocycles. The number of hydrogen-bond donors (Lipinski definition) is 1. The molecule has 0 aliphatic carbocycles. The summed E-state index contributed by atoms with van der Waals surface area (Å²) < 4.78 is 28.9. The highest BCUT2D eigenvalue weighted by atomic mass is 32.1. The Kier molecular flexibility index (Phi) is 7.18. The topological polar surface area (TPSA) is 130 Å². The Morgan fingerprint density at radius 3 is 2.55 bits per heavy atom. The lowest BCUT2D eigenvalue weighted by Crippen LogP contribution is -2.21. The lowest BCUT2D eigenvalue weighted by molar-refractivity contribution is -0.387. The van der Waals surface area contributed by atoms with Gasteiger partial charge in [-0.25, -0.2) is 9.78 Å². The second-order valence-corrected chi connectivity index (χ2v) is 7.55. The van der Waals surface area contributed by atoms with Gasteiger partial charge in [0, 0.05) is 17.3 Å². The molecule has 0 saturated heterocycles. The molecule has 0 fully saturated rings. The fourth-order valence-corrected chi connectivity index (χ4v) is 3.76. The maximum absolute atomic E-state index is 13.4. The van der Waals surface area contributed by atoms with Crippen LogP contribution in [-0.4, -0.2) is 42.6 Å². The number of carbonyl (C=O) groups is 2. The standard InChI is InChI=1S/C21H18FN3O7S/c1-11-19(33-20(23-11)12-4-7-16(30-2)17(8-12)31-3)21(27)32-10-18(26)24-13-5-6-14(22)15(9-13)25(28)29/h4-9H,10H2,1-3H3,(H,24,26). The lowest BCUT2D eigenvalue weighted by atomic mass is 10.2. The first-order valence-electron chi connectivity index (χ1n) is 9.34. The fraction of sp³-hybridized carbons (Fsp3) is 0.190. The summed E-state index contributed by atoms with van der Waals surface area (Å²) in [5.74, 6) is -1.48. The van der Waals surface area contributed by atoms with Crippen LogP contribution in [0, 0.1) is 22.9 Å². The Morgan fingerprint density at radius 1 is 1.15 bits per heavy atom. The van der Waals surface area contributed by atoms with Crippen molar-refractivity contribution < 1.29 is 33.1 Å². The Balaban J connectivity index is 1.67. The van der Waals surface area contributed by atoms with Gasteiger partial charge in [-0.05, 0) is 37.3 Å². The van der Waals surface area contributed by atoms with E-state index in [2.05, 4.69) is 10.3 Å². The molecular formula is C21H18FN3O7S. The molecular weight excluding hydrogens is 457 g/mol. The van der Waals surface area contributed by atoms with Crippen molar-refractivity contribution in [2.75, 3.05) is 26.1 Å². The Hall–Kier alpha value is -4.06. The van der Waals surface area contributed by atoms with Crippen molar-refractivity contribution in [1.29, 1.82) is 0 Å². The van der Waals surface area contributed by atoms with Gasteiger partial charge in [-0.3, -0.25) is 14.9 Å². The van der Waals surface area contributed by atoms with Crippen molar-refractivity contribution in [3.63, 3.8) is 0 Å². The van der Waals surface area contributed by atoms with Crippen molar-refractivity contribution in [1.82, 2.24) is 4.98 Å². The number of rotatable bonds is 8. The highest BCUT2D eigenvalue weighted by Gasteiger charge is 2.20. The molecule has 3 rings (SSSR count). The number of hydrogen-bond acceptors (Lipinski definition) is 9. The predicted octanol–water partition coefficient (Wildman–Crippen LogP) is 3.98. The number of carbonyl (C=O) groups excluding carboxylic acids is 2. The number of aryl methyl sites for hydroxylation is 1. The number of halogens is 1. The third-order valence-corrected chi connectivity index (χ3v) is 5.56. The van der Waals surface area contributed by atoms with E-state index in [-0.39, 0.29) is 10.6 Å². The first kappa shape index (κ1) is 23.6. The van der Waals surface area contributed by atoms with Crippen LogP contribution in [0.5, 0.6) is 11.5 Å². The lowest BCUT2D eigenvalue weighted by Gasteiger charge is -2.08. The maximum Gasteiger partial charge on any atom is 0.350 e. The molecule has 3 aromatic rings. The second-order valence-electron chi connectivity index (χ2n) is 6.55. The molecule has 0 unspecified atom stereocenters. The maximum atomic E-state index is 13.4. The third-order valence-electron chi connectivity index (χ3n) is 4.37. The van der Waals surface area contributed by atoms with Crippen LogP contribution in [0.4, 0.5) is 15.8 Å². The molecule has 0 atom stereocenters. The number of anilines is 1. The molecule has 0 aliphatic rings. The van der Waals surface area contributed by atoms with Crippen LogP contribution in [-0.2, 0) is 9.53 Å². The number of nitro benzene ring substituents is 1. The third kappa shape index (κ3) is 5.41. The van der Waals surface area contributed by atoms with Gasteiger partial charge in [-0.15, -0.1) is 11.3 Å². The van der Waals surface area contributed by atoms with Crippen LogP contribution in [0.25, 0.3) is 10.6 Å². The molecule has 2 aromatic carbocycles. The van der Waals surface area contributed by atoms with Gasteiger partial charge in [0.25, 0.3) is 5.91 Å². The largest absolute Gasteiger partial charge is 0.493 e. The first-order chi connectivity index (χ1) is 15.7. The number of nitro groups is 1. The number of aromatic nitrogens is 1. The van der Waals surface area contributed by atoms with Gasteiger partial charge in [0.1, 0.15) is 9.88 Å². The molecule has 0 spiro atoms. The smallest absolute Gasteiger partial charge is 0.350 e. The van der Waals surface area contributed by atoms with E-state index >= 15 is 0 Å². The molecule has 1 amide bonds. The predicted molar refractivity (Wildman–Crippen MR) is 117 cm³/mol. The summed E-state index contributed by atoms with van der Waals surface area (Å²) in [6, 6.07) is 8.09. The van der Waals surface area contributed by atoms with Crippen LogP contribution < -0.4 is 14.8 Å². The number of esters is 1. The van der Waals surface area contributed by atoms with Gasteiger partial charge >= 0.3 is 11.7 Å². The van der Waals surface area contributed by atoms with Gasteiger partial charge in [-0.2, -0.15) is 4.39 Å². The average molecular weight is 475 g/mol. The molecule has 0 radical (unpaired) electrons. The summed E-state index contributed by atoms with van der Waals surface area (Å²) in [5.41, 5.74) is 0.335. The molecule has 1 heterocycles. The Bertz CT molecular complexity index is 1230. The number of amides is 1. The zero-order chi connectivity index (χ0) is 24.1. The monoisotopic (exact) mass is 475 g/mol. The quantitative estimate of drug-likeness (QED) is 0.294. The van der Waals surface area contributed by atoms with Gasteiger partial charge in [-0.1, -0.05) is 0 Å². The van der Waals surface area contributed by atoms with E-state index in [1.807, 2.05) is 0 Å². The molecule has 1 aromatic heterocycles. The van der Waals surface area contributed by atoms with E-state index in [4.69, 9.17) is 14.2 Å². The van der Waals surface area contributed by atoms with Gasteiger partial charge in [0.05, 0.1) is 24.8 Å². The summed E-state index contributed by atoms with van der Waals surface area (Å²) in [6.45, 7) is 0.988. The summed E-state index contributed by atoms with van der Waals surface area (Å²) in [5, 5.41) is 13.7. The molecule has 0 bridgehead atoms. The number of ether oxygens (including phenoxy) is 3. The van der Waals surface area contributed by atoms with Crippen LogP contribution >= 0.6 is 11.3 Å². The van der Waals surface area contributed by atoms with Crippen LogP contribution in [0.1, 0.15) is 15.4 Å². The summed E-state index contributed by atoms with van der Waals surface area (Å²) in [7, 11) is 3.03. The highest BCUT2D eigenvalue weighted by Crippen LogP contribution is 2.35. The minimum absolute atomic E-state index is 0.00569. The number of thiazole rings is 1.